The number of anilines is 1. The van der Waals surface area contributed by atoms with Gasteiger partial charge in [0.1, 0.15) is 11.6 Å². The number of aryl methyl sites for hydroxylation is 1. The highest BCUT2D eigenvalue weighted by Gasteiger charge is 2.10. The van der Waals surface area contributed by atoms with Crippen LogP contribution < -0.4 is 5.32 Å². The third kappa shape index (κ3) is 3.32. The van der Waals surface area contributed by atoms with E-state index in [1.54, 1.807) is 0 Å². The Bertz CT molecular complexity index is 588. The topological polar surface area (TPSA) is 37.8 Å². The molecule has 0 bridgehead atoms. The molecule has 0 radical (unpaired) electrons. The third-order valence-corrected chi connectivity index (χ3v) is 3.00. The third-order valence-electron chi connectivity index (χ3n) is 3.00. The van der Waals surface area contributed by atoms with Gasteiger partial charge in [-0.25, -0.2) is 14.4 Å². The van der Waals surface area contributed by atoms with Gasteiger partial charge >= 0.3 is 0 Å². The summed E-state index contributed by atoms with van der Waals surface area (Å²) in [4.78, 5) is 9.02. The number of hydrogen-bond acceptors (Lipinski definition) is 3. The molecule has 0 aliphatic heterocycles. The summed E-state index contributed by atoms with van der Waals surface area (Å²) in [6, 6.07) is 6.82. The molecule has 4 heteroatoms. The van der Waals surface area contributed by atoms with Crippen LogP contribution in [0.25, 0.3) is 11.4 Å². The van der Waals surface area contributed by atoms with Gasteiger partial charge in [-0.3, -0.25) is 0 Å². The van der Waals surface area contributed by atoms with Crippen molar-refractivity contribution in [1.29, 1.82) is 0 Å². The lowest BCUT2D eigenvalue weighted by atomic mass is 10.1. The molecule has 2 aromatic rings. The number of nitrogens with zero attached hydrogens (tertiary/aromatic N) is 2. The van der Waals surface area contributed by atoms with Crippen LogP contribution in [-0.2, 0) is 0 Å². The lowest BCUT2D eigenvalue weighted by Gasteiger charge is -2.11. The molecule has 0 saturated carbocycles. The van der Waals surface area contributed by atoms with Crippen molar-refractivity contribution in [2.45, 2.75) is 33.6 Å². The Morgan fingerprint density at radius 3 is 2.50 bits per heavy atom. The van der Waals surface area contributed by atoms with Gasteiger partial charge in [0.15, 0.2) is 5.82 Å². The average molecular weight is 273 g/mol. The zero-order chi connectivity index (χ0) is 14.7. The van der Waals surface area contributed by atoms with Crippen LogP contribution in [-0.4, -0.2) is 16.5 Å². The minimum absolute atomic E-state index is 0.261. The van der Waals surface area contributed by atoms with Crippen molar-refractivity contribution in [3.8, 4) is 11.4 Å². The van der Waals surface area contributed by atoms with Crippen LogP contribution >= 0.6 is 0 Å². The van der Waals surface area contributed by atoms with Gasteiger partial charge in [0, 0.05) is 23.9 Å². The van der Waals surface area contributed by atoms with Gasteiger partial charge in [0.25, 0.3) is 0 Å². The van der Waals surface area contributed by atoms with Crippen molar-refractivity contribution in [3.63, 3.8) is 0 Å². The average Bonchev–Trinajstić information content (AvgIpc) is 2.37. The Kier molecular flexibility index (Phi) is 4.32. The van der Waals surface area contributed by atoms with E-state index in [9.17, 15) is 4.39 Å². The second-order valence-corrected chi connectivity index (χ2v) is 5.20. The molecule has 1 aromatic carbocycles. The Hall–Kier alpha value is -1.97. The fraction of sp³-hybridized carbons (Fsp3) is 0.375. The SMILES string of the molecule is CCNc1cc(C(C)C)nc(-c2cc(C)cc(F)c2)n1. The highest BCUT2D eigenvalue weighted by Crippen LogP contribution is 2.23. The van der Waals surface area contributed by atoms with Crippen molar-refractivity contribution in [3.05, 3.63) is 41.3 Å². The van der Waals surface area contributed by atoms with E-state index in [1.165, 1.54) is 12.1 Å². The number of rotatable bonds is 4. The van der Waals surface area contributed by atoms with Crippen molar-refractivity contribution in [2.75, 3.05) is 11.9 Å². The van der Waals surface area contributed by atoms with E-state index in [0.29, 0.717) is 17.3 Å². The molecule has 106 valence electrons. The van der Waals surface area contributed by atoms with E-state index in [-0.39, 0.29) is 5.82 Å². The molecule has 0 saturated heterocycles. The summed E-state index contributed by atoms with van der Waals surface area (Å²) >= 11 is 0. The number of halogens is 1. The molecule has 0 atom stereocenters. The predicted octanol–water partition coefficient (Wildman–Crippen LogP) is 4.15. The summed E-state index contributed by atoms with van der Waals surface area (Å²) in [5.41, 5.74) is 2.53. The smallest absolute Gasteiger partial charge is 0.161 e. The maximum Gasteiger partial charge on any atom is 0.161 e. The molecular formula is C16H20FN3. The first kappa shape index (κ1) is 14.4. The molecule has 1 heterocycles. The van der Waals surface area contributed by atoms with Crippen LogP contribution in [0.1, 0.15) is 37.9 Å². The predicted molar refractivity (Wildman–Crippen MR) is 80.4 cm³/mol. The molecule has 20 heavy (non-hydrogen) atoms. The first-order valence-electron chi connectivity index (χ1n) is 6.90. The molecule has 0 unspecified atom stereocenters. The van der Waals surface area contributed by atoms with E-state index in [1.807, 2.05) is 26.0 Å². The van der Waals surface area contributed by atoms with Crippen LogP contribution in [0.3, 0.4) is 0 Å². The monoisotopic (exact) mass is 273 g/mol. The van der Waals surface area contributed by atoms with Crippen molar-refractivity contribution in [1.82, 2.24) is 9.97 Å². The summed E-state index contributed by atoms with van der Waals surface area (Å²) in [7, 11) is 0. The van der Waals surface area contributed by atoms with Gasteiger partial charge < -0.3 is 5.32 Å². The largest absolute Gasteiger partial charge is 0.370 e. The van der Waals surface area contributed by atoms with Crippen molar-refractivity contribution < 1.29 is 4.39 Å². The quantitative estimate of drug-likeness (QED) is 0.909. The number of hydrogen-bond donors (Lipinski definition) is 1. The lowest BCUT2D eigenvalue weighted by molar-refractivity contribution is 0.627. The zero-order valence-electron chi connectivity index (χ0n) is 12.4. The van der Waals surface area contributed by atoms with Crippen LogP contribution in [0.5, 0.6) is 0 Å². The summed E-state index contributed by atoms with van der Waals surface area (Å²) in [5.74, 6) is 1.38. The van der Waals surface area contributed by atoms with Crippen LogP contribution in [0.15, 0.2) is 24.3 Å². The second kappa shape index (κ2) is 5.99. The Morgan fingerprint density at radius 2 is 1.90 bits per heavy atom. The zero-order valence-corrected chi connectivity index (χ0v) is 12.4. The molecule has 0 spiro atoms. The minimum atomic E-state index is -0.261. The molecule has 0 aliphatic carbocycles. The fourth-order valence-electron chi connectivity index (χ4n) is 2.03. The first-order chi connectivity index (χ1) is 9.49. The highest BCUT2D eigenvalue weighted by molar-refractivity contribution is 5.59. The minimum Gasteiger partial charge on any atom is -0.370 e. The maximum atomic E-state index is 13.6. The molecular weight excluding hydrogens is 253 g/mol. The van der Waals surface area contributed by atoms with E-state index >= 15 is 0 Å². The Morgan fingerprint density at radius 1 is 1.15 bits per heavy atom. The molecule has 1 N–H and O–H groups in total. The van der Waals surface area contributed by atoms with Gasteiger partial charge in [0.05, 0.1) is 0 Å². The molecule has 2 rings (SSSR count). The maximum absolute atomic E-state index is 13.6. The number of benzene rings is 1. The second-order valence-electron chi connectivity index (χ2n) is 5.20. The summed E-state index contributed by atoms with van der Waals surface area (Å²) < 4.78 is 13.6. The molecule has 0 aliphatic rings. The first-order valence-corrected chi connectivity index (χ1v) is 6.90. The van der Waals surface area contributed by atoms with Crippen LogP contribution in [0.2, 0.25) is 0 Å². The van der Waals surface area contributed by atoms with E-state index in [0.717, 1.165) is 23.6 Å². The molecule has 0 fully saturated rings. The van der Waals surface area contributed by atoms with Crippen LogP contribution in [0.4, 0.5) is 10.2 Å². The normalized spacial score (nSPS) is 10.9. The molecule has 0 amide bonds. The Labute approximate surface area is 119 Å². The summed E-state index contributed by atoms with van der Waals surface area (Å²) in [6.45, 7) is 8.83. The number of aromatic nitrogens is 2. The van der Waals surface area contributed by atoms with Gasteiger partial charge in [-0.15, -0.1) is 0 Å². The Balaban J connectivity index is 2.54. The highest BCUT2D eigenvalue weighted by atomic mass is 19.1. The summed E-state index contributed by atoms with van der Waals surface area (Å²) in [5, 5.41) is 3.20. The van der Waals surface area contributed by atoms with Gasteiger partial charge in [-0.1, -0.05) is 13.8 Å². The van der Waals surface area contributed by atoms with Crippen LogP contribution in [0, 0.1) is 12.7 Å². The lowest BCUT2D eigenvalue weighted by Crippen LogP contribution is -2.05. The summed E-state index contributed by atoms with van der Waals surface area (Å²) in [6.07, 6.45) is 0. The van der Waals surface area contributed by atoms with Crippen molar-refractivity contribution in [2.24, 2.45) is 0 Å². The van der Waals surface area contributed by atoms with E-state index in [2.05, 4.69) is 29.1 Å². The van der Waals surface area contributed by atoms with Gasteiger partial charge in [-0.2, -0.15) is 0 Å². The van der Waals surface area contributed by atoms with E-state index < -0.39 is 0 Å². The molecule has 3 nitrogen and oxygen atoms in total. The van der Waals surface area contributed by atoms with Crippen molar-refractivity contribution >= 4 is 5.82 Å². The van der Waals surface area contributed by atoms with E-state index in [4.69, 9.17) is 0 Å². The number of nitrogens with one attached hydrogen (secondary N) is 1. The van der Waals surface area contributed by atoms with Gasteiger partial charge in [-0.05, 0) is 43.5 Å². The molecule has 1 aromatic heterocycles. The standard InChI is InChI=1S/C16H20FN3/c1-5-18-15-9-14(10(2)3)19-16(20-15)12-6-11(4)7-13(17)8-12/h6-10H,5H2,1-4H3,(H,18,19,20). The fourth-order valence-corrected chi connectivity index (χ4v) is 2.03. The van der Waals surface area contributed by atoms with Gasteiger partial charge in [0.2, 0.25) is 0 Å².